The molecule has 4 rings (SSSR count). The third-order valence-electron chi connectivity index (χ3n) is 7.39. The highest BCUT2D eigenvalue weighted by Gasteiger charge is 2.54. The average molecular weight is 415 g/mol. The monoisotopic (exact) mass is 414 g/mol. The summed E-state index contributed by atoms with van der Waals surface area (Å²) in [4.78, 5) is 7.26. The van der Waals surface area contributed by atoms with Crippen LogP contribution in [0.3, 0.4) is 0 Å². The van der Waals surface area contributed by atoms with Gasteiger partial charge in [-0.25, -0.2) is 0 Å². The number of rotatable bonds is 7. The quantitative estimate of drug-likeness (QED) is 0.436. The number of amidine groups is 1. The minimum absolute atomic E-state index is 0.509. The van der Waals surface area contributed by atoms with Crippen LogP contribution in [0.5, 0.6) is 0 Å². The molecule has 3 heterocycles. The molecule has 4 aliphatic rings. The van der Waals surface area contributed by atoms with E-state index in [0.717, 1.165) is 24.4 Å². The summed E-state index contributed by atoms with van der Waals surface area (Å²) in [6.45, 7) is 7.47. The summed E-state index contributed by atoms with van der Waals surface area (Å²) < 4.78 is 5.76. The molecule has 1 spiro atoms. The first-order valence-electron chi connectivity index (χ1n) is 11.5. The van der Waals surface area contributed by atoms with E-state index in [9.17, 15) is 0 Å². The lowest BCUT2D eigenvalue weighted by atomic mass is 9.90. The summed E-state index contributed by atoms with van der Waals surface area (Å²) in [5.74, 6) is 1.25. The molecule has 1 saturated carbocycles. The number of piperidine rings is 1. The first kappa shape index (κ1) is 21.2. The molecule has 7 nitrogen and oxygen atoms in total. The molecule has 0 aromatic rings. The van der Waals surface area contributed by atoms with Gasteiger partial charge in [0.05, 0.1) is 17.5 Å². The highest BCUT2D eigenvalue weighted by atomic mass is 16.5. The standard InChI is InChI=1S/C23H38N6O/c1-17-15-27-28(2)22(17)20(24)5-6-21(25)26-16-18-14-23(18)8-11-29(12-9-23)10-7-19-4-3-13-30-19/h5-6,15,18-19,27H,3-4,7-14,16,24H2,1-2H3,(H2,25,26). The first-order valence-corrected chi connectivity index (χ1v) is 11.5. The van der Waals surface area contributed by atoms with Crippen LogP contribution in [-0.2, 0) is 4.74 Å². The highest BCUT2D eigenvalue weighted by molar-refractivity contribution is 5.91. The van der Waals surface area contributed by atoms with E-state index >= 15 is 0 Å². The maximum Gasteiger partial charge on any atom is 0.118 e. The van der Waals surface area contributed by atoms with Crippen molar-refractivity contribution >= 4 is 5.84 Å². The number of hydrogen-bond acceptors (Lipinski definition) is 6. The number of allylic oxidation sites excluding steroid dienone is 2. The molecular formula is C23H38N6O. The maximum atomic E-state index is 6.21. The Labute approximate surface area is 180 Å². The van der Waals surface area contributed by atoms with Crippen molar-refractivity contribution in [3.8, 4) is 0 Å². The van der Waals surface area contributed by atoms with Crippen molar-refractivity contribution in [1.82, 2.24) is 15.3 Å². The number of likely N-dealkylation sites (tertiary alicyclic amines) is 1. The van der Waals surface area contributed by atoms with Crippen LogP contribution in [0.2, 0.25) is 0 Å². The summed E-state index contributed by atoms with van der Waals surface area (Å²) in [6, 6.07) is 0. The third kappa shape index (κ3) is 4.83. The Bertz CT molecular complexity index is 741. The Morgan fingerprint density at radius 3 is 2.80 bits per heavy atom. The molecule has 3 aliphatic heterocycles. The van der Waals surface area contributed by atoms with Gasteiger partial charge in [-0.1, -0.05) is 0 Å². The first-order chi connectivity index (χ1) is 14.5. The van der Waals surface area contributed by atoms with E-state index in [1.165, 1.54) is 58.2 Å². The van der Waals surface area contributed by atoms with Crippen LogP contribution in [0.4, 0.5) is 0 Å². The van der Waals surface area contributed by atoms with Gasteiger partial charge in [0.2, 0.25) is 0 Å². The number of aliphatic imine (C=N–C) groups is 1. The van der Waals surface area contributed by atoms with Crippen LogP contribution in [-0.4, -0.2) is 61.7 Å². The van der Waals surface area contributed by atoms with Crippen molar-refractivity contribution in [2.75, 3.05) is 39.8 Å². The van der Waals surface area contributed by atoms with E-state index in [-0.39, 0.29) is 0 Å². The van der Waals surface area contributed by atoms with Gasteiger partial charge in [-0.15, -0.1) is 0 Å². The molecule has 1 aliphatic carbocycles. The van der Waals surface area contributed by atoms with Gasteiger partial charge in [-0.2, -0.15) is 0 Å². The van der Waals surface area contributed by atoms with Gasteiger partial charge in [0.15, 0.2) is 0 Å². The molecule has 0 aromatic heterocycles. The Hall–Kier alpha value is -1.99. The van der Waals surface area contributed by atoms with Crippen molar-refractivity contribution in [1.29, 1.82) is 0 Å². The van der Waals surface area contributed by atoms with Crippen LogP contribution in [0, 0.1) is 11.3 Å². The van der Waals surface area contributed by atoms with Gasteiger partial charge in [-0.3, -0.25) is 10.0 Å². The summed E-state index contributed by atoms with van der Waals surface area (Å²) >= 11 is 0. The third-order valence-corrected chi connectivity index (χ3v) is 7.39. The van der Waals surface area contributed by atoms with Gasteiger partial charge < -0.3 is 26.5 Å². The van der Waals surface area contributed by atoms with Crippen LogP contribution < -0.4 is 16.9 Å². The zero-order valence-electron chi connectivity index (χ0n) is 18.6. The van der Waals surface area contributed by atoms with Crippen molar-refractivity contribution in [2.24, 2.45) is 27.8 Å². The summed E-state index contributed by atoms with van der Waals surface area (Å²) in [6.07, 6.45) is 13.7. The van der Waals surface area contributed by atoms with E-state index < -0.39 is 0 Å². The van der Waals surface area contributed by atoms with Gasteiger partial charge in [0.25, 0.3) is 0 Å². The molecule has 2 saturated heterocycles. The predicted molar refractivity (Wildman–Crippen MR) is 121 cm³/mol. The average Bonchev–Trinajstić information content (AvgIpc) is 3.06. The van der Waals surface area contributed by atoms with E-state index in [1.807, 2.05) is 37.3 Å². The maximum absolute atomic E-state index is 6.21. The number of nitrogens with two attached hydrogens (primary N) is 2. The molecule has 30 heavy (non-hydrogen) atoms. The number of nitrogens with one attached hydrogen (secondary N) is 1. The predicted octanol–water partition coefficient (Wildman–Crippen LogP) is 2.10. The van der Waals surface area contributed by atoms with E-state index in [1.54, 1.807) is 0 Å². The molecule has 3 fully saturated rings. The Morgan fingerprint density at radius 1 is 1.33 bits per heavy atom. The second-order valence-electron chi connectivity index (χ2n) is 9.45. The van der Waals surface area contributed by atoms with E-state index in [4.69, 9.17) is 16.2 Å². The lowest BCUT2D eigenvalue weighted by Gasteiger charge is -2.33. The molecular weight excluding hydrogens is 376 g/mol. The van der Waals surface area contributed by atoms with Crippen molar-refractivity contribution < 1.29 is 4.74 Å². The number of hydrazine groups is 1. The smallest absolute Gasteiger partial charge is 0.118 e. The number of likely N-dealkylation sites (N-methyl/N-ethyl adjacent to an activating group) is 1. The summed E-state index contributed by atoms with van der Waals surface area (Å²) in [5, 5.41) is 1.91. The molecule has 0 amide bonds. The van der Waals surface area contributed by atoms with Crippen molar-refractivity contribution in [2.45, 2.75) is 51.6 Å². The number of nitrogens with zero attached hydrogens (tertiary/aromatic N) is 3. The molecule has 166 valence electrons. The van der Waals surface area contributed by atoms with Gasteiger partial charge >= 0.3 is 0 Å². The topological polar surface area (TPSA) is 92.1 Å². The largest absolute Gasteiger partial charge is 0.397 e. The molecule has 5 N–H and O–H groups in total. The minimum atomic E-state index is 0.509. The van der Waals surface area contributed by atoms with Gasteiger partial charge in [0, 0.05) is 32.9 Å². The zero-order valence-corrected chi connectivity index (χ0v) is 18.6. The molecule has 0 aromatic carbocycles. The molecule has 0 bridgehead atoms. The zero-order chi connectivity index (χ0) is 21.1. The van der Waals surface area contributed by atoms with Crippen molar-refractivity contribution in [3.05, 3.63) is 35.3 Å². The highest BCUT2D eigenvalue weighted by Crippen LogP contribution is 2.59. The Balaban J connectivity index is 1.20. The molecule has 0 radical (unpaired) electrons. The van der Waals surface area contributed by atoms with Crippen LogP contribution in [0.15, 0.2) is 40.3 Å². The fourth-order valence-corrected chi connectivity index (χ4v) is 5.26. The van der Waals surface area contributed by atoms with Crippen LogP contribution in [0.1, 0.15) is 45.4 Å². The fourth-order valence-electron chi connectivity index (χ4n) is 5.26. The minimum Gasteiger partial charge on any atom is -0.397 e. The Morgan fingerprint density at radius 2 is 2.13 bits per heavy atom. The molecule has 2 atom stereocenters. The second kappa shape index (κ2) is 9.02. The number of hydrogen-bond donors (Lipinski definition) is 3. The van der Waals surface area contributed by atoms with Crippen molar-refractivity contribution in [3.63, 3.8) is 0 Å². The van der Waals surface area contributed by atoms with Crippen LogP contribution >= 0.6 is 0 Å². The Kier molecular flexibility index (Phi) is 6.39. The fraction of sp³-hybridized carbons (Fsp3) is 0.696. The van der Waals surface area contributed by atoms with E-state index in [0.29, 0.717) is 29.0 Å². The lowest BCUT2D eigenvalue weighted by molar-refractivity contribution is 0.0824. The number of ether oxygens (including phenoxy) is 1. The molecule has 7 heteroatoms. The summed E-state index contributed by atoms with van der Waals surface area (Å²) in [7, 11) is 1.95. The second-order valence-corrected chi connectivity index (χ2v) is 9.45. The van der Waals surface area contributed by atoms with Gasteiger partial charge in [-0.05, 0) is 87.6 Å². The lowest BCUT2D eigenvalue weighted by Crippen LogP contribution is -2.37. The van der Waals surface area contributed by atoms with Crippen LogP contribution in [0.25, 0.3) is 0 Å². The summed E-state index contributed by atoms with van der Waals surface area (Å²) in [5.41, 5.74) is 18.8. The van der Waals surface area contributed by atoms with E-state index in [2.05, 4.69) is 15.3 Å². The molecule has 2 unspecified atom stereocenters. The normalized spacial score (nSPS) is 30.8. The van der Waals surface area contributed by atoms with Gasteiger partial charge in [0.1, 0.15) is 5.84 Å². The SMILES string of the molecule is CC1=CNN(C)C1=C(N)C=CC(N)=NCC1CC12CCN(CCC1CCCO1)CC2.